The van der Waals surface area contributed by atoms with Gasteiger partial charge in [-0.1, -0.05) is 83.1 Å². The monoisotopic (exact) mass is 699 g/mol. The van der Waals surface area contributed by atoms with Gasteiger partial charge < -0.3 is 42.8 Å². The van der Waals surface area contributed by atoms with E-state index in [1.165, 1.54) is 12.7 Å². The second kappa shape index (κ2) is 25.3. The lowest BCUT2D eigenvalue weighted by Gasteiger charge is -2.12. The van der Waals surface area contributed by atoms with E-state index in [0.29, 0.717) is 28.2 Å². The Morgan fingerprint density at radius 2 is 1.00 bits per heavy atom. The summed E-state index contributed by atoms with van der Waals surface area (Å²) in [7, 11) is 6.36. The summed E-state index contributed by atoms with van der Waals surface area (Å²) in [5.74, 6) is 3.26. The van der Waals surface area contributed by atoms with Gasteiger partial charge in [0.05, 0.1) is 39.5 Å². The van der Waals surface area contributed by atoms with E-state index < -0.39 is 0 Å². The first-order valence-electron chi connectivity index (χ1n) is 15.3. The number of methoxy groups -OCH3 is 4. The van der Waals surface area contributed by atoms with Crippen molar-refractivity contribution in [3.63, 3.8) is 0 Å². The van der Waals surface area contributed by atoms with Crippen LogP contribution in [0.25, 0.3) is 21.8 Å². The van der Waals surface area contributed by atoms with Crippen molar-refractivity contribution >= 4 is 50.6 Å². The molecular formula is C39H48ClN6O4-. The molecule has 0 fully saturated rings. The van der Waals surface area contributed by atoms with Crippen molar-refractivity contribution < 1.29 is 18.9 Å². The first-order chi connectivity index (χ1) is 24.0. The molecule has 11 heteroatoms. The predicted octanol–water partition coefficient (Wildman–Crippen LogP) is 9.85. The van der Waals surface area contributed by atoms with Gasteiger partial charge in [0.25, 0.3) is 0 Å². The van der Waals surface area contributed by atoms with E-state index in [0.717, 1.165) is 39.0 Å². The van der Waals surface area contributed by atoms with Crippen LogP contribution in [-0.4, -0.2) is 48.4 Å². The van der Waals surface area contributed by atoms with Crippen molar-refractivity contribution in [3.8, 4) is 29.4 Å². The summed E-state index contributed by atoms with van der Waals surface area (Å²) in [6.07, 6.45) is 11.9. The maximum atomic E-state index is 5.93. The van der Waals surface area contributed by atoms with Crippen LogP contribution in [-0.2, 0) is 0 Å². The lowest BCUT2D eigenvalue weighted by Crippen LogP contribution is -1.97. The van der Waals surface area contributed by atoms with Crippen LogP contribution in [0.1, 0.15) is 35.1 Å². The van der Waals surface area contributed by atoms with Crippen molar-refractivity contribution in [1.82, 2.24) is 19.9 Å². The highest BCUT2D eigenvalue weighted by atomic mass is 35.5. The second-order valence-electron chi connectivity index (χ2n) is 8.74. The van der Waals surface area contributed by atoms with Crippen molar-refractivity contribution in [2.75, 3.05) is 39.5 Å². The van der Waals surface area contributed by atoms with Gasteiger partial charge in [-0.05, 0) is 36.4 Å². The third kappa shape index (κ3) is 13.0. The number of nitrogens with two attached hydrogens (primary N) is 1. The Morgan fingerprint density at radius 1 is 0.600 bits per heavy atom. The zero-order valence-corrected chi connectivity index (χ0v) is 29.9. The Morgan fingerprint density at radius 3 is 1.44 bits per heavy atom. The number of hydrogen-bond donors (Lipinski definition) is 2. The fraction of sp³-hybridized carbons (Fsp3) is 0.231. The summed E-state index contributed by atoms with van der Waals surface area (Å²) in [4.78, 5) is 16.6. The number of fused-ring (bicyclic) bond motifs is 2. The molecule has 0 unspecified atom stereocenters. The number of nitrogen functional groups attached to an aromatic ring is 1. The molecule has 3 N–H and O–H groups in total. The van der Waals surface area contributed by atoms with Crippen LogP contribution in [0, 0.1) is 12.8 Å². The molecule has 0 aliphatic heterocycles. The Hall–Kier alpha value is -5.79. The van der Waals surface area contributed by atoms with Gasteiger partial charge >= 0.3 is 0 Å². The van der Waals surface area contributed by atoms with Gasteiger partial charge in [-0.25, -0.2) is 19.9 Å². The number of para-hydroxylation sites is 2. The fourth-order valence-electron chi connectivity index (χ4n) is 3.95. The third-order valence-corrected chi connectivity index (χ3v) is 6.37. The number of hydrogen-bond acceptors (Lipinski definition) is 10. The van der Waals surface area contributed by atoms with Gasteiger partial charge in [-0.2, -0.15) is 0 Å². The molecule has 4 aromatic carbocycles. The number of anilines is 3. The van der Waals surface area contributed by atoms with Gasteiger partial charge in [0.15, 0.2) is 23.0 Å². The molecule has 266 valence electrons. The zero-order chi connectivity index (χ0) is 36.6. The molecule has 0 saturated heterocycles. The average Bonchev–Trinajstić information content (AvgIpc) is 3.17. The predicted molar refractivity (Wildman–Crippen MR) is 208 cm³/mol. The standard InChI is InChI=1S/C16H15N3O2.C10H9ClN2O2.C6H7N.2C2H6.C2H.CH4/c1-20-14-8-12-13(9-15(14)21-2)17-10-18-16(12)19-11-6-4-3-5-7-11;1-14-8-3-6-7(4-9(8)15-2)12-5-13-10(6)11;7-6-4-2-1-3-5-6;3*1-2;/h3-10H,1-2H3,(H,17,18,19);3-5H,1-2H3;1-5H,7H2;2*1-2H3;1H;1H4/q;;;;;-1;. The number of rotatable bonds is 6. The molecule has 2 heterocycles. The van der Waals surface area contributed by atoms with Crippen LogP contribution in [0.4, 0.5) is 17.2 Å². The minimum absolute atomic E-state index is 0. The molecule has 6 aromatic rings. The van der Waals surface area contributed by atoms with E-state index in [2.05, 4.69) is 31.7 Å². The van der Waals surface area contributed by atoms with Crippen molar-refractivity contribution in [1.29, 1.82) is 0 Å². The topological polar surface area (TPSA) is 127 Å². The Kier molecular flexibility index (Phi) is 22.3. The number of nitrogens with zero attached hydrogens (tertiary/aromatic N) is 4. The minimum Gasteiger partial charge on any atom is -0.697 e. The maximum absolute atomic E-state index is 5.93. The molecule has 10 nitrogen and oxygen atoms in total. The smallest absolute Gasteiger partial charge is 0.162 e. The molecule has 0 amide bonds. The maximum Gasteiger partial charge on any atom is 0.162 e. The van der Waals surface area contributed by atoms with Crippen LogP contribution in [0.3, 0.4) is 0 Å². The quantitative estimate of drug-likeness (QED) is 0.0750. The van der Waals surface area contributed by atoms with E-state index in [1.54, 1.807) is 40.6 Å². The van der Waals surface area contributed by atoms with E-state index in [9.17, 15) is 0 Å². The molecule has 0 radical (unpaired) electrons. The highest BCUT2D eigenvalue weighted by Gasteiger charge is 2.11. The lowest BCUT2D eigenvalue weighted by atomic mass is 10.2. The zero-order valence-electron chi connectivity index (χ0n) is 29.2. The van der Waals surface area contributed by atoms with Crippen molar-refractivity contribution in [2.45, 2.75) is 35.1 Å². The van der Waals surface area contributed by atoms with Crippen LogP contribution in [0.5, 0.6) is 23.0 Å². The number of benzene rings is 4. The number of ether oxygens (including phenoxy) is 4. The molecule has 6 rings (SSSR count). The molecular weight excluding hydrogens is 652 g/mol. The molecule has 0 bridgehead atoms. The van der Waals surface area contributed by atoms with Gasteiger partial charge in [-0.3, -0.25) is 0 Å². The summed E-state index contributed by atoms with van der Waals surface area (Å²) >= 11 is 5.93. The SMILES string of the molecule is C.CC.CC.COc1cc2ncnc(Cl)c2cc1OC.COc1cc2ncnc(Nc3ccccc3)c2cc1OC.Nc1ccccc1.[C-]#C. The number of terminal acetylenes is 1. The summed E-state index contributed by atoms with van der Waals surface area (Å²) in [5, 5.41) is 5.31. The summed E-state index contributed by atoms with van der Waals surface area (Å²) in [6.45, 7) is 8.00. The third-order valence-electron chi connectivity index (χ3n) is 6.07. The van der Waals surface area contributed by atoms with E-state index in [4.69, 9.17) is 42.7 Å². The van der Waals surface area contributed by atoms with Crippen LogP contribution in [0.15, 0.2) is 97.6 Å². The van der Waals surface area contributed by atoms with Crippen molar-refractivity contribution in [2.24, 2.45) is 0 Å². The summed E-state index contributed by atoms with van der Waals surface area (Å²) < 4.78 is 21.0. The van der Waals surface area contributed by atoms with Gasteiger partial charge in [0, 0.05) is 34.3 Å². The molecule has 0 aliphatic rings. The Labute approximate surface area is 302 Å². The van der Waals surface area contributed by atoms with Gasteiger partial charge in [0.2, 0.25) is 0 Å². The van der Waals surface area contributed by atoms with Gasteiger partial charge in [-0.15, -0.1) is 0 Å². The largest absolute Gasteiger partial charge is 0.697 e. The number of nitrogens with one attached hydrogen (secondary N) is 1. The van der Waals surface area contributed by atoms with Gasteiger partial charge in [0.1, 0.15) is 23.6 Å². The normalized spacial score (nSPS) is 8.94. The van der Waals surface area contributed by atoms with Crippen LogP contribution >= 0.6 is 11.6 Å². The first-order valence-corrected chi connectivity index (χ1v) is 15.7. The summed E-state index contributed by atoms with van der Waals surface area (Å²) in [6, 6.07) is 26.6. The molecule has 0 atom stereocenters. The molecule has 0 aliphatic carbocycles. The first kappa shape index (κ1) is 44.2. The second-order valence-corrected chi connectivity index (χ2v) is 9.10. The molecule has 0 spiro atoms. The highest BCUT2D eigenvalue weighted by Crippen LogP contribution is 2.35. The number of halogens is 1. The van der Waals surface area contributed by atoms with Crippen LogP contribution in [0.2, 0.25) is 5.15 Å². The molecule has 0 saturated carbocycles. The number of aromatic nitrogens is 4. The highest BCUT2D eigenvalue weighted by molar-refractivity contribution is 6.34. The molecule has 2 aromatic heterocycles. The lowest BCUT2D eigenvalue weighted by molar-refractivity contribution is 0.356. The summed E-state index contributed by atoms with van der Waals surface area (Å²) in [5.41, 5.74) is 8.67. The average molecular weight is 700 g/mol. The Bertz CT molecular complexity index is 1820. The van der Waals surface area contributed by atoms with Crippen LogP contribution < -0.4 is 30.0 Å². The fourth-order valence-corrected chi connectivity index (χ4v) is 4.14. The van der Waals surface area contributed by atoms with Crippen molar-refractivity contribution in [3.05, 3.63) is 109 Å². The minimum atomic E-state index is 0. The van der Waals surface area contributed by atoms with E-state index in [-0.39, 0.29) is 7.43 Å². The van der Waals surface area contributed by atoms with E-state index in [1.807, 2.05) is 100 Å². The molecule has 50 heavy (non-hydrogen) atoms. The van der Waals surface area contributed by atoms with E-state index >= 15 is 0 Å². The Balaban J connectivity index is 0.000000723.